The maximum absolute atomic E-state index is 13.5. The fraction of sp³-hybridized carbons (Fsp3) is 0.351. The van der Waals surface area contributed by atoms with Crippen LogP contribution in [0.3, 0.4) is 0 Å². The molecule has 2 saturated heterocycles. The van der Waals surface area contributed by atoms with Gasteiger partial charge in [0.05, 0.1) is 35.9 Å². The number of benzene rings is 2. The van der Waals surface area contributed by atoms with Crippen LogP contribution in [0.25, 0.3) is 52.6 Å². The van der Waals surface area contributed by atoms with Gasteiger partial charge in [-0.1, -0.05) is 44.2 Å². The third-order valence-corrected chi connectivity index (χ3v) is 12.1. The number of imidazole rings is 2. The zero-order valence-electron chi connectivity index (χ0n) is 27.7. The molecule has 4 aromatic heterocycles. The van der Waals surface area contributed by atoms with E-state index in [1.165, 1.54) is 43.8 Å². The monoisotopic (exact) mass is 693 g/mol. The average Bonchev–Trinajstić information content (AvgIpc) is 3.95. The van der Waals surface area contributed by atoms with E-state index in [2.05, 4.69) is 75.2 Å². The molecule has 0 aliphatic carbocycles. The summed E-state index contributed by atoms with van der Waals surface area (Å²) in [5, 5.41) is 6.24. The molecule has 2 aliphatic heterocycles. The summed E-state index contributed by atoms with van der Waals surface area (Å²) >= 11 is 3.64. The van der Waals surface area contributed by atoms with Crippen molar-refractivity contribution in [1.29, 1.82) is 0 Å². The van der Waals surface area contributed by atoms with Crippen molar-refractivity contribution in [3.63, 3.8) is 0 Å². The van der Waals surface area contributed by atoms with Crippen LogP contribution in [0.5, 0.6) is 0 Å². The number of hydrogen-bond acceptors (Lipinski definition) is 8. The average molecular weight is 694 g/mol. The van der Waals surface area contributed by atoms with Crippen molar-refractivity contribution < 1.29 is 14.3 Å². The Morgan fingerprint density at radius 3 is 2.37 bits per heavy atom. The van der Waals surface area contributed by atoms with Crippen LogP contribution in [0.2, 0.25) is 0 Å². The zero-order chi connectivity index (χ0) is 33.6. The van der Waals surface area contributed by atoms with Gasteiger partial charge in [-0.3, -0.25) is 4.79 Å². The molecule has 2 fully saturated rings. The van der Waals surface area contributed by atoms with Crippen molar-refractivity contribution in [1.82, 2.24) is 35.5 Å². The van der Waals surface area contributed by atoms with Gasteiger partial charge in [-0.2, -0.15) is 0 Å². The molecule has 0 spiro atoms. The Bertz CT molecular complexity index is 2110. The lowest BCUT2D eigenvalue weighted by molar-refractivity contribution is -0.135. The van der Waals surface area contributed by atoms with Gasteiger partial charge in [0.15, 0.2) is 0 Å². The van der Waals surface area contributed by atoms with Crippen molar-refractivity contribution in [2.45, 2.75) is 57.7 Å². The van der Waals surface area contributed by atoms with E-state index in [0.717, 1.165) is 59.7 Å². The Balaban J connectivity index is 0.964. The number of alkyl carbamates (subject to hydrolysis) is 1. The molecular weight excluding hydrogens is 655 g/mol. The van der Waals surface area contributed by atoms with Gasteiger partial charge in [0.2, 0.25) is 5.91 Å². The standard InChI is InChI=1S/C37H39N7O3S2/c1-20(2)33(43-37(46)47-3)36(45)44-15-5-7-28(44)35-39-19-27(42-35)21-8-10-22(11-9-21)29-17-31-32(48-29)18-30(49-31)23-12-13-24-26(16-23)41-34(40-24)25-6-4-14-38-25/h8-13,16-20,25,28,33,38H,4-7,14-15H2,1-3H3,(H,39,42)(H,40,41)(H,43,46)/t25-,28-,33-/m0/s1. The number of H-pyrrole nitrogens is 2. The Labute approximate surface area is 292 Å². The lowest BCUT2D eigenvalue weighted by Crippen LogP contribution is -2.51. The van der Waals surface area contributed by atoms with E-state index in [1.807, 2.05) is 47.6 Å². The van der Waals surface area contributed by atoms with Crippen LogP contribution in [-0.4, -0.2) is 63.1 Å². The SMILES string of the molecule is COC(=O)N[C@H](C(=O)N1CCC[C@H]1c1nc(-c2ccc(-c3cc4sc(-c5ccc6nc([C@@H]7CCCN7)[nH]c6c5)cc4s3)cc2)c[nH]1)C(C)C. The van der Waals surface area contributed by atoms with Crippen LogP contribution < -0.4 is 10.6 Å². The first-order valence-corrected chi connectivity index (χ1v) is 18.6. The summed E-state index contributed by atoms with van der Waals surface area (Å²) in [7, 11) is 1.30. The number of likely N-dealkylation sites (tertiary alicyclic amines) is 1. The summed E-state index contributed by atoms with van der Waals surface area (Å²) in [6, 6.07) is 19.1. The van der Waals surface area contributed by atoms with E-state index in [1.54, 1.807) is 0 Å². The molecule has 8 rings (SSSR count). The molecule has 252 valence electrons. The van der Waals surface area contributed by atoms with Gasteiger partial charge in [-0.25, -0.2) is 14.8 Å². The normalized spacial score (nSPS) is 18.6. The summed E-state index contributed by atoms with van der Waals surface area (Å²) in [5.74, 6) is 1.61. The van der Waals surface area contributed by atoms with Gasteiger partial charge >= 0.3 is 6.09 Å². The number of nitrogens with zero attached hydrogens (tertiary/aromatic N) is 3. The molecule has 0 radical (unpaired) electrons. The van der Waals surface area contributed by atoms with E-state index in [4.69, 9.17) is 14.7 Å². The first-order chi connectivity index (χ1) is 23.8. The molecule has 0 bridgehead atoms. The lowest BCUT2D eigenvalue weighted by Gasteiger charge is -2.29. The zero-order valence-corrected chi connectivity index (χ0v) is 29.3. The van der Waals surface area contributed by atoms with Crippen molar-refractivity contribution in [3.05, 3.63) is 72.4 Å². The number of carbonyl (C=O) groups excluding carboxylic acids is 2. The highest BCUT2D eigenvalue weighted by Gasteiger charge is 2.37. The van der Waals surface area contributed by atoms with Gasteiger partial charge in [-0.15, -0.1) is 22.7 Å². The fourth-order valence-electron chi connectivity index (χ4n) is 7.04. The van der Waals surface area contributed by atoms with Crippen molar-refractivity contribution >= 4 is 55.1 Å². The first-order valence-electron chi connectivity index (χ1n) is 16.9. The number of ether oxygens (including phenoxy) is 1. The minimum Gasteiger partial charge on any atom is -0.453 e. The first kappa shape index (κ1) is 31.7. The smallest absolute Gasteiger partial charge is 0.407 e. The Morgan fingerprint density at radius 1 is 0.918 bits per heavy atom. The Morgan fingerprint density at radius 2 is 1.65 bits per heavy atom. The third-order valence-electron chi connectivity index (χ3n) is 9.69. The van der Waals surface area contributed by atoms with Gasteiger partial charge in [0, 0.05) is 37.5 Å². The van der Waals surface area contributed by atoms with E-state index in [0.29, 0.717) is 12.6 Å². The van der Waals surface area contributed by atoms with Gasteiger partial charge < -0.3 is 30.2 Å². The molecular formula is C37H39N7O3S2. The van der Waals surface area contributed by atoms with Crippen molar-refractivity contribution in [2.75, 3.05) is 20.2 Å². The maximum atomic E-state index is 13.5. The molecule has 6 aromatic rings. The summed E-state index contributed by atoms with van der Waals surface area (Å²) < 4.78 is 7.33. The van der Waals surface area contributed by atoms with Crippen LogP contribution in [0.4, 0.5) is 4.79 Å². The Kier molecular flexibility index (Phi) is 8.46. The number of methoxy groups -OCH3 is 1. The van der Waals surface area contributed by atoms with Crippen LogP contribution in [0, 0.1) is 5.92 Å². The molecule has 10 nitrogen and oxygen atoms in total. The molecule has 2 aromatic carbocycles. The molecule has 0 unspecified atom stereocenters. The van der Waals surface area contributed by atoms with Crippen LogP contribution in [0.1, 0.15) is 63.3 Å². The quantitative estimate of drug-likeness (QED) is 0.128. The highest BCUT2D eigenvalue weighted by molar-refractivity contribution is 7.31. The number of amides is 2. The number of aromatic nitrogens is 4. The van der Waals surface area contributed by atoms with Gasteiger partial charge in [0.25, 0.3) is 0 Å². The predicted octanol–water partition coefficient (Wildman–Crippen LogP) is 8.03. The third kappa shape index (κ3) is 6.13. The molecule has 2 amide bonds. The number of fused-ring (bicyclic) bond motifs is 2. The summed E-state index contributed by atoms with van der Waals surface area (Å²) in [6.07, 6.45) is 5.32. The number of carbonyl (C=O) groups is 2. The second kappa shape index (κ2) is 13.1. The molecule has 0 saturated carbocycles. The van der Waals surface area contributed by atoms with Crippen LogP contribution in [-0.2, 0) is 9.53 Å². The molecule has 49 heavy (non-hydrogen) atoms. The highest BCUT2D eigenvalue weighted by Crippen LogP contribution is 2.42. The molecule has 6 heterocycles. The van der Waals surface area contributed by atoms with Crippen LogP contribution >= 0.6 is 22.7 Å². The molecule has 2 aliphatic rings. The van der Waals surface area contributed by atoms with Gasteiger partial charge in [-0.05, 0) is 73.5 Å². The molecule has 4 N–H and O–H groups in total. The predicted molar refractivity (Wildman–Crippen MR) is 196 cm³/mol. The lowest BCUT2D eigenvalue weighted by atomic mass is 10.0. The Hall–Kier alpha value is -4.52. The van der Waals surface area contributed by atoms with Gasteiger partial charge in [0.1, 0.15) is 17.7 Å². The minimum atomic E-state index is -0.659. The fourth-order valence-corrected chi connectivity index (χ4v) is 9.44. The van der Waals surface area contributed by atoms with Crippen molar-refractivity contribution in [2.24, 2.45) is 5.92 Å². The number of rotatable bonds is 8. The molecule has 12 heteroatoms. The van der Waals surface area contributed by atoms with E-state index in [-0.39, 0.29) is 17.9 Å². The van der Waals surface area contributed by atoms with E-state index < -0.39 is 12.1 Å². The largest absolute Gasteiger partial charge is 0.453 e. The van der Waals surface area contributed by atoms with E-state index >= 15 is 0 Å². The van der Waals surface area contributed by atoms with Crippen LogP contribution in [0.15, 0.2) is 60.8 Å². The van der Waals surface area contributed by atoms with Crippen molar-refractivity contribution in [3.8, 4) is 32.1 Å². The minimum absolute atomic E-state index is 0.0788. The molecule has 3 atom stereocenters. The van der Waals surface area contributed by atoms with E-state index in [9.17, 15) is 9.59 Å². The highest BCUT2D eigenvalue weighted by atomic mass is 32.1. The summed E-state index contributed by atoms with van der Waals surface area (Å²) in [4.78, 5) is 46.4. The topological polar surface area (TPSA) is 128 Å². The second-order valence-electron chi connectivity index (χ2n) is 13.2. The maximum Gasteiger partial charge on any atom is 0.407 e. The second-order valence-corrected chi connectivity index (χ2v) is 15.4. The number of thiophene rings is 2. The summed E-state index contributed by atoms with van der Waals surface area (Å²) in [6.45, 7) is 5.51. The number of nitrogens with one attached hydrogen (secondary N) is 4. The summed E-state index contributed by atoms with van der Waals surface area (Å²) in [5.41, 5.74) is 6.34. The number of hydrogen-bond donors (Lipinski definition) is 4. The number of aromatic amines is 2.